The predicted molar refractivity (Wildman–Crippen MR) is 47.3 cm³/mol. The van der Waals surface area contributed by atoms with E-state index in [1.54, 1.807) is 6.92 Å². The lowest BCUT2D eigenvalue weighted by atomic mass is 10.6. The van der Waals surface area contributed by atoms with Gasteiger partial charge in [-0.15, -0.1) is 0 Å². The smallest absolute Gasteiger partial charge is 0.425 e. The van der Waals surface area contributed by atoms with Crippen LogP contribution >= 0.6 is 0 Å². The van der Waals surface area contributed by atoms with Gasteiger partial charge in [0.15, 0.2) is 0 Å². The summed E-state index contributed by atoms with van der Waals surface area (Å²) >= 11 is 0. The van der Waals surface area contributed by atoms with Gasteiger partial charge in [-0.1, -0.05) is 13.3 Å². The fourth-order valence-electron chi connectivity index (χ4n) is 1.13. The van der Waals surface area contributed by atoms with Gasteiger partial charge in [0.1, 0.15) is 0 Å². The van der Waals surface area contributed by atoms with Crippen molar-refractivity contribution in [3.8, 4) is 0 Å². The zero-order valence-corrected chi connectivity index (χ0v) is 11.0. The van der Waals surface area contributed by atoms with Crippen LogP contribution in [0, 0.1) is 0 Å². The number of halogens is 3. The van der Waals surface area contributed by atoms with Gasteiger partial charge in [-0.2, -0.15) is 13.2 Å². The van der Waals surface area contributed by atoms with Crippen LogP contribution in [0.25, 0.3) is 0 Å². The van der Waals surface area contributed by atoms with E-state index in [0.29, 0.717) is 6.42 Å². The van der Waals surface area contributed by atoms with Crippen LogP contribution in [0.1, 0.15) is 13.3 Å². The molecule has 0 aromatic carbocycles. The third kappa shape index (κ3) is 2.41. The van der Waals surface area contributed by atoms with Gasteiger partial charge in [-0.05, 0) is 6.04 Å². The Bertz CT molecular complexity index is 164. The van der Waals surface area contributed by atoms with Crippen molar-refractivity contribution in [3.05, 3.63) is 0 Å². The molecule has 9 heteroatoms. The van der Waals surface area contributed by atoms with E-state index in [4.69, 9.17) is 12.3 Å². The maximum atomic E-state index is 12.6. The fraction of sp³-hybridized carbons (Fsp3) is 1.00. The van der Waals surface area contributed by atoms with Crippen molar-refractivity contribution in [2.75, 3.05) is 0 Å². The largest absolute Gasteiger partial charge is 0.440 e. The maximum absolute atomic E-state index is 12.6. The summed E-state index contributed by atoms with van der Waals surface area (Å²) in [6, 6.07) is -0.000139. The second kappa shape index (κ2) is 4.23. The lowest BCUT2D eigenvalue weighted by Crippen LogP contribution is -2.60. The van der Waals surface area contributed by atoms with Crippen LogP contribution in [0.5, 0.6) is 0 Å². The summed E-state index contributed by atoms with van der Waals surface area (Å²) in [4.78, 5) is 0. The summed E-state index contributed by atoms with van der Waals surface area (Å²) in [5, 5.41) is 0. The Hall–Kier alpha value is 0.321. The van der Waals surface area contributed by atoms with Crippen molar-refractivity contribution in [1.82, 2.24) is 0 Å². The molecule has 0 aromatic rings. The van der Waals surface area contributed by atoms with E-state index in [1.165, 1.54) is 0 Å². The molecule has 0 amide bonds. The lowest BCUT2D eigenvalue weighted by molar-refractivity contribution is -0.0856. The van der Waals surface area contributed by atoms with Gasteiger partial charge in [-0.25, -0.2) is 0 Å². The Morgan fingerprint density at radius 3 is 2.15 bits per heavy atom. The van der Waals surface area contributed by atoms with Crippen molar-refractivity contribution in [2.45, 2.75) is 25.2 Å². The summed E-state index contributed by atoms with van der Waals surface area (Å²) in [5.41, 5.74) is 0. The van der Waals surface area contributed by atoms with Crippen LogP contribution in [-0.4, -0.2) is 34.4 Å². The van der Waals surface area contributed by atoms with Gasteiger partial charge in [0.25, 0.3) is 20.0 Å². The minimum Gasteiger partial charge on any atom is -0.425 e. The van der Waals surface area contributed by atoms with Gasteiger partial charge >= 0.3 is 14.4 Å². The van der Waals surface area contributed by atoms with Gasteiger partial charge in [0.05, 0.1) is 0 Å². The molecule has 0 atom stereocenters. The highest BCUT2D eigenvalue weighted by Crippen LogP contribution is 2.35. The molecule has 1 saturated heterocycles. The zero-order chi connectivity index (χ0) is 9.95. The maximum Gasteiger partial charge on any atom is 0.440 e. The summed E-state index contributed by atoms with van der Waals surface area (Å²) in [7, 11) is -6.72. The second-order valence-corrected chi connectivity index (χ2v) is 9.72. The quantitative estimate of drug-likeness (QED) is 0.644. The molecule has 13 heavy (non-hydrogen) atoms. The second-order valence-electron chi connectivity index (χ2n) is 2.73. The Kier molecular flexibility index (Phi) is 3.71. The number of hydrogen-bond donors (Lipinski definition) is 0. The molecule has 0 radical (unpaired) electrons. The first-order chi connectivity index (χ1) is 6.02. The van der Waals surface area contributed by atoms with Crippen LogP contribution in [0.3, 0.4) is 0 Å². The van der Waals surface area contributed by atoms with Crippen LogP contribution in [0.2, 0.25) is 6.04 Å². The molecule has 1 aliphatic rings. The highest BCUT2D eigenvalue weighted by molar-refractivity contribution is 6.78. The van der Waals surface area contributed by atoms with Crippen molar-refractivity contribution < 1.29 is 25.5 Å². The Morgan fingerprint density at radius 2 is 1.77 bits per heavy atom. The van der Waals surface area contributed by atoms with Crippen LogP contribution < -0.4 is 0 Å². The average molecular weight is 248 g/mol. The van der Waals surface area contributed by atoms with E-state index in [1.807, 2.05) is 0 Å². The standard InChI is InChI=1S/C4H11F3O3Si3/c1-2-3-13(4(5,6)7)9-11-8-12-10-13/h2-3,11-12H2,1H3. The highest BCUT2D eigenvalue weighted by Gasteiger charge is 2.62. The zero-order valence-electron chi connectivity index (χ0n) is 7.19. The summed E-state index contributed by atoms with van der Waals surface area (Å²) < 4.78 is 52.2. The SMILES string of the molecule is CCC[Si]1(C(F)(F)F)O[SiH2]O[SiH2]O1. The molecule has 3 nitrogen and oxygen atoms in total. The lowest BCUT2D eigenvalue weighted by Gasteiger charge is -2.35. The molecule has 0 aliphatic carbocycles. The fourth-order valence-corrected chi connectivity index (χ4v) is 9.58. The van der Waals surface area contributed by atoms with Gasteiger partial charge in [-0.3, -0.25) is 0 Å². The van der Waals surface area contributed by atoms with Crippen LogP contribution in [0.15, 0.2) is 0 Å². The minimum absolute atomic E-state index is 0.000139. The molecule has 1 heterocycles. The summed E-state index contributed by atoms with van der Waals surface area (Å²) in [6.45, 7) is 1.70. The first-order valence-corrected chi connectivity index (χ1v) is 8.27. The van der Waals surface area contributed by atoms with Gasteiger partial charge < -0.3 is 12.3 Å². The van der Waals surface area contributed by atoms with Gasteiger partial charge in [0.2, 0.25) is 0 Å². The summed E-state index contributed by atoms with van der Waals surface area (Å²) in [6.07, 6.45) is 0.439. The van der Waals surface area contributed by atoms with E-state index in [-0.39, 0.29) is 6.04 Å². The number of hydrogen-bond acceptors (Lipinski definition) is 3. The number of alkyl halides is 3. The van der Waals surface area contributed by atoms with Crippen molar-refractivity contribution in [1.29, 1.82) is 0 Å². The minimum atomic E-state index is -4.30. The van der Waals surface area contributed by atoms with E-state index < -0.39 is 34.4 Å². The topological polar surface area (TPSA) is 27.7 Å². The molecule has 1 fully saturated rings. The first-order valence-electron chi connectivity index (χ1n) is 3.94. The highest BCUT2D eigenvalue weighted by atomic mass is 28.5. The van der Waals surface area contributed by atoms with Gasteiger partial charge in [0, 0.05) is 0 Å². The Morgan fingerprint density at radius 1 is 1.23 bits per heavy atom. The van der Waals surface area contributed by atoms with E-state index >= 15 is 0 Å². The van der Waals surface area contributed by atoms with Crippen LogP contribution in [0.4, 0.5) is 13.2 Å². The first kappa shape index (κ1) is 11.4. The molecule has 0 unspecified atom stereocenters. The molecule has 78 valence electrons. The third-order valence-corrected chi connectivity index (χ3v) is 9.79. The van der Waals surface area contributed by atoms with E-state index in [0.717, 1.165) is 0 Å². The monoisotopic (exact) mass is 248 g/mol. The third-order valence-electron chi connectivity index (χ3n) is 1.76. The molecular weight excluding hydrogens is 237 g/mol. The molecule has 1 rings (SSSR count). The van der Waals surface area contributed by atoms with Crippen molar-refractivity contribution in [2.24, 2.45) is 0 Å². The number of rotatable bonds is 2. The molecule has 0 N–H and O–H groups in total. The summed E-state index contributed by atoms with van der Waals surface area (Å²) in [5.74, 6) is -4.30. The van der Waals surface area contributed by atoms with E-state index in [2.05, 4.69) is 0 Å². The Balaban J connectivity index is 2.73. The molecular formula is C4H11F3O3Si3. The predicted octanol–water partition coefficient (Wildman–Crippen LogP) is 0.00110. The molecule has 0 bridgehead atoms. The van der Waals surface area contributed by atoms with Crippen molar-refractivity contribution in [3.63, 3.8) is 0 Å². The molecule has 0 aromatic heterocycles. The average Bonchev–Trinajstić information content (AvgIpc) is 2.04. The Labute approximate surface area is 79.9 Å². The molecule has 0 saturated carbocycles. The normalized spacial score (nSPS) is 34.2. The molecule has 0 spiro atoms. The van der Waals surface area contributed by atoms with Crippen LogP contribution in [-0.2, 0) is 12.3 Å². The van der Waals surface area contributed by atoms with E-state index in [9.17, 15) is 13.2 Å². The van der Waals surface area contributed by atoms with Crippen molar-refractivity contribution >= 4 is 28.6 Å². The molecule has 1 aliphatic heterocycles.